The summed E-state index contributed by atoms with van der Waals surface area (Å²) in [5.74, 6) is -1.44. The number of fused-ring (bicyclic) bond motifs is 1. The van der Waals surface area contributed by atoms with Crippen molar-refractivity contribution in [2.24, 2.45) is 0 Å². The summed E-state index contributed by atoms with van der Waals surface area (Å²) in [7, 11) is 1.38. The molecule has 4 nitrogen and oxygen atoms in total. The molecule has 1 aromatic heterocycles. The predicted molar refractivity (Wildman–Crippen MR) is 67.6 cm³/mol. The van der Waals surface area contributed by atoms with Gasteiger partial charge < -0.3 is 9.84 Å². The van der Waals surface area contributed by atoms with Crippen molar-refractivity contribution in [2.45, 2.75) is 6.92 Å². The number of ether oxygens (including phenoxy) is 1. The number of carboxylic acid groups (broad SMARTS) is 1. The molecule has 0 saturated carbocycles. The number of hydrogen-bond acceptors (Lipinski definition) is 3. The predicted octanol–water partition coefficient (Wildman–Crippen LogP) is 3.15. The Morgan fingerprint density at radius 3 is 2.72 bits per heavy atom. The van der Waals surface area contributed by atoms with Crippen LogP contribution in [0, 0.1) is 12.7 Å². The average molecular weight is 314 g/mol. The third-order valence-corrected chi connectivity index (χ3v) is 3.18. The Labute approximate surface area is 111 Å². The molecule has 0 atom stereocenters. The highest BCUT2D eigenvalue weighted by Gasteiger charge is 2.20. The van der Waals surface area contributed by atoms with Crippen LogP contribution in [-0.4, -0.2) is 23.2 Å². The van der Waals surface area contributed by atoms with Gasteiger partial charge in [0.2, 0.25) is 0 Å². The van der Waals surface area contributed by atoms with Crippen molar-refractivity contribution >= 4 is 32.8 Å². The van der Waals surface area contributed by atoms with Gasteiger partial charge in [0.15, 0.2) is 5.75 Å². The van der Waals surface area contributed by atoms with Crippen molar-refractivity contribution in [2.75, 3.05) is 7.11 Å². The molecule has 18 heavy (non-hydrogen) atoms. The number of benzene rings is 1. The van der Waals surface area contributed by atoms with Crippen molar-refractivity contribution in [3.8, 4) is 5.75 Å². The fourth-order valence-electron chi connectivity index (χ4n) is 1.83. The molecule has 0 amide bonds. The third kappa shape index (κ3) is 1.92. The van der Waals surface area contributed by atoms with Crippen LogP contribution in [0.5, 0.6) is 5.75 Å². The van der Waals surface area contributed by atoms with Crippen molar-refractivity contribution in [1.29, 1.82) is 0 Å². The van der Waals surface area contributed by atoms with E-state index in [0.29, 0.717) is 11.1 Å². The number of methoxy groups -OCH3 is 1. The van der Waals surface area contributed by atoms with E-state index in [-0.39, 0.29) is 21.3 Å². The maximum Gasteiger partial charge on any atom is 0.340 e. The van der Waals surface area contributed by atoms with Crippen LogP contribution in [0.4, 0.5) is 4.39 Å². The molecule has 0 aliphatic rings. The van der Waals surface area contributed by atoms with Gasteiger partial charge in [0.25, 0.3) is 0 Å². The van der Waals surface area contributed by atoms with Crippen LogP contribution in [-0.2, 0) is 0 Å². The highest BCUT2D eigenvalue weighted by molar-refractivity contribution is 9.10. The lowest BCUT2D eigenvalue weighted by molar-refractivity contribution is 0.0695. The number of halogens is 2. The summed E-state index contributed by atoms with van der Waals surface area (Å²) in [6.45, 7) is 1.62. The molecule has 0 saturated heterocycles. The molecular weight excluding hydrogens is 305 g/mol. The number of aromatic carboxylic acids is 1. The second-order valence-corrected chi connectivity index (χ2v) is 4.55. The van der Waals surface area contributed by atoms with E-state index in [0.717, 1.165) is 0 Å². The van der Waals surface area contributed by atoms with Crippen LogP contribution in [0.15, 0.2) is 16.6 Å². The summed E-state index contributed by atoms with van der Waals surface area (Å²) in [6.07, 6.45) is 0. The number of aromatic nitrogens is 1. The van der Waals surface area contributed by atoms with Gasteiger partial charge in [0, 0.05) is 11.5 Å². The Morgan fingerprint density at radius 2 is 2.17 bits per heavy atom. The molecule has 2 aromatic rings. The summed E-state index contributed by atoms with van der Waals surface area (Å²) in [5, 5.41) is 9.59. The molecule has 1 N–H and O–H groups in total. The van der Waals surface area contributed by atoms with Gasteiger partial charge in [0.1, 0.15) is 11.4 Å². The lowest BCUT2D eigenvalue weighted by atomic mass is 10.1. The van der Waals surface area contributed by atoms with E-state index in [2.05, 4.69) is 20.9 Å². The molecule has 0 aliphatic heterocycles. The first-order valence-corrected chi connectivity index (χ1v) is 5.81. The molecule has 0 unspecified atom stereocenters. The summed E-state index contributed by atoms with van der Waals surface area (Å²) < 4.78 is 18.7. The number of pyridine rings is 1. The lowest BCUT2D eigenvalue weighted by Gasteiger charge is -2.11. The molecular formula is C12H9BrFNO3. The largest absolute Gasteiger partial charge is 0.494 e. The van der Waals surface area contributed by atoms with Gasteiger partial charge in [-0.05, 0) is 28.9 Å². The number of nitrogens with zero attached hydrogens (tertiary/aromatic N) is 1. The first-order chi connectivity index (χ1) is 8.45. The molecule has 0 radical (unpaired) electrons. The number of hydrogen-bond donors (Lipinski definition) is 1. The monoisotopic (exact) mass is 313 g/mol. The normalized spacial score (nSPS) is 10.7. The minimum absolute atomic E-state index is 0.0132. The van der Waals surface area contributed by atoms with E-state index in [4.69, 9.17) is 4.74 Å². The van der Waals surface area contributed by atoms with E-state index in [9.17, 15) is 14.3 Å². The van der Waals surface area contributed by atoms with Crippen molar-refractivity contribution < 1.29 is 19.0 Å². The van der Waals surface area contributed by atoms with Crippen LogP contribution in [0.3, 0.4) is 0 Å². The second-order valence-electron chi connectivity index (χ2n) is 3.69. The average Bonchev–Trinajstić information content (AvgIpc) is 2.29. The Balaban J connectivity index is 2.97. The van der Waals surface area contributed by atoms with Gasteiger partial charge in [-0.2, -0.15) is 0 Å². The van der Waals surface area contributed by atoms with E-state index in [1.807, 2.05) is 0 Å². The molecule has 2 rings (SSSR count). The fourth-order valence-corrected chi connectivity index (χ4v) is 2.17. The smallest absolute Gasteiger partial charge is 0.340 e. The Morgan fingerprint density at radius 1 is 1.50 bits per heavy atom. The van der Waals surface area contributed by atoms with E-state index in [1.165, 1.54) is 19.2 Å². The maximum absolute atomic E-state index is 13.4. The Hall–Kier alpha value is -1.69. The first kappa shape index (κ1) is 12.8. The van der Waals surface area contributed by atoms with Crippen LogP contribution >= 0.6 is 15.9 Å². The first-order valence-electron chi connectivity index (χ1n) is 5.02. The zero-order chi connectivity index (χ0) is 13.4. The molecule has 94 valence electrons. The van der Waals surface area contributed by atoms with Gasteiger partial charge in [0.05, 0.1) is 22.8 Å². The minimum atomic E-state index is -1.14. The van der Waals surface area contributed by atoms with Crippen LogP contribution < -0.4 is 4.74 Å². The Bertz CT molecular complexity index is 658. The maximum atomic E-state index is 13.4. The summed E-state index contributed by atoms with van der Waals surface area (Å²) in [5.41, 5.74) is 0.677. The number of aryl methyl sites for hydroxylation is 1. The number of carboxylic acids is 1. The molecule has 0 spiro atoms. The molecule has 1 aromatic carbocycles. The lowest BCUT2D eigenvalue weighted by Crippen LogP contribution is -2.05. The summed E-state index contributed by atoms with van der Waals surface area (Å²) >= 11 is 3.03. The van der Waals surface area contributed by atoms with Crippen LogP contribution in [0.1, 0.15) is 16.1 Å². The molecule has 0 fully saturated rings. The molecule has 1 heterocycles. The molecule has 6 heteroatoms. The van der Waals surface area contributed by atoms with Gasteiger partial charge >= 0.3 is 5.97 Å². The van der Waals surface area contributed by atoms with Crippen LogP contribution in [0.2, 0.25) is 0 Å². The van der Waals surface area contributed by atoms with Crippen molar-refractivity contribution in [3.63, 3.8) is 0 Å². The van der Waals surface area contributed by atoms with Gasteiger partial charge in [-0.3, -0.25) is 0 Å². The van der Waals surface area contributed by atoms with Crippen LogP contribution in [0.25, 0.3) is 10.9 Å². The topological polar surface area (TPSA) is 59.4 Å². The summed E-state index contributed by atoms with van der Waals surface area (Å²) in [4.78, 5) is 15.5. The molecule has 0 aliphatic carbocycles. The quantitative estimate of drug-likeness (QED) is 0.925. The highest BCUT2D eigenvalue weighted by Crippen LogP contribution is 2.32. The second kappa shape index (κ2) is 4.53. The van der Waals surface area contributed by atoms with E-state index >= 15 is 0 Å². The molecule has 0 bridgehead atoms. The highest BCUT2D eigenvalue weighted by atomic mass is 79.9. The van der Waals surface area contributed by atoms with Gasteiger partial charge in [-0.25, -0.2) is 14.2 Å². The minimum Gasteiger partial charge on any atom is -0.494 e. The van der Waals surface area contributed by atoms with Gasteiger partial charge in [-0.15, -0.1) is 0 Å². The third-order valence-electron chi connectivity index (χ3n) is 2.57. The van der Waals surface area contributed by atoms with Crippen molar-refractivity contribution in [1.82, 2.24) is 4.98 Å². The standard InChI is InChI=1S/C12H9BrFNO3/c1-5-11(18-2)10(12(16)17)6-3-7(13)8(14)4-9(6)15-5/h3-4H,1-2H3,(H,16,17). The zero-order valence-electron chi connectivity index (χ0n) is 9.62. The number of rotatable bonds is 2. The fraction of sp³-hybridized carbons (Fsp3) is 0.167. The van der Waals surface area contributed by atoms with Gasteiger partial charge in [-0.1, -0.05) is 0 Å². The summed E-state index contributed by atoms with van der Waals surface area (Å²) in [6, 6.07) is 2.58. The zero-order valence-corrected chi connectivity index (χ0v) is 11.2. The van der Waals surface area contributed by atoms with E-state index in [1.54, 1.807) is 6.92 Å². The van der Waals surface area contributed by atoms with Crippen molar-refractivity contribution in [3.05, 3.63) is 33.7 Å². The number of carbonyl (C=O) groups is 1. The Kier molecular flexibility index (Phi) is 3.21. The SMILES string of the molecule is COc1c(C)nc2cc(F)c(Br)cc2c1C(=O)O. The van der Waals surface area contributed by atoms with E-state index < -0.39 is 11.8 Å².